The zero-order chi connectivity index (χ0) is 15.5. The number of amides is 1. The predicted molar refractivity (Wildman–Crippen MR) is 70.5 cm³/mol. The molecule has 20 heavy (non-hydrogen) atoms. The maximum Gasteiger partial charge on any atom is 0.225 e. The Morgan fingerprint density at radius 2 is 1.75 bits per heavy atom. The molecule has 0 aliphatic heterocycles. The van der Waals surface area contributed by atoms with E-state index in [0.717, 1.165) is 12.1 Å². The molecule has 0 bridgehead atoms. The first kappa shape index (κ1) is 16.5. The molecule has 1 amide bonds. The smallest absolute Gasteiger partial charge is 0.225 e. The van der Waals surface area contributed by atoms with Gasteiger partial charge in [-0.15, -0.1) is 0 Å². The van der Waals surface area contributed by atoms with Crippen molar-refractivity contribution in [3.05, 3.63) is 35.1 Å². The lowest BCUT2D eigenvalue weighted by Gasteiger charge is -2.24. The Bertz CT molecular complexity index is 475. The largest absolute Gasteiger partial charge is 0.351 e. The third kappa shape index (κ3) is 4.52. The van der Waals surface area contributed by atoms with Crippen LogP contribution >= 0.6 is 0 Å². The Hall–Kier alpha value is -1.56. The molecule has 0 aliphatic rings. The van der Waals surface area contributed by atoms with Crippen LogP contribution in [0.3, 0.4) is 0 Å². The van der Waals surface area contributed by atoms with Crippen LogP contribution in [0, 0.1) is 23.4 Å². The molecule has 1 aromatic rings. The van der Waals surface area contributed by atoms with Crippen molar-refractivity contribution in [3.8, 4) is 0 Å². The second kappa shape index (κ2) is 6.26. The van der Waals surface area contributed by atoms with E-state index in [2.05, 4.69) is 5.32 Å². The molecule has 0 saturated heterocycles. The number of hydrogen-bond donors (Lipinski definition) is 2. The van der Waals surface area contributed by atoms with Gasteiger partial charge >= 0.3 is 0 Å². The summed E-state index contributed by atoms with van der Waals surface area (Å²) < 4.78 is 39.1. The first-order valence-electron chi connectivity index (χ1n) is 6.29. The van der Waals surface area contributed by atoms with Gasteiger partial charge in [-0.3, -0.25) is 4.79 Å². The number of benzene rings is 1. The summed E-state index contributed by atoms with van der Waals surface area (Å²) in [5, 5.41) is 2.75. The van der Waals surface area contributed by atoms with E-state index in [4.69, 9.17) is 5.73 Å². The van der Waals surface area contributed by atoms with Gasteiger partial charge in [0.1, 0.15) is 0 Å². The van der Waals surface area contributed by atoms with Crippen molar-refractivity contribution in [1.29, 1.82) is 0 Å². The molecule has 0 heterocycles. The van der Waals surface area contributed by atoms with Gasteiger partial charge in [-0.25, -0.2) is 13.2 Å². The molecule has 112 valence electrons. The maximum atomic E-state index is 13.1. The molecule has 0 radical (unpaired) electrons. The Balaban J connectivity index is 2.86. The summed E-state index contributed by atoms with van der Waals surface area (Å²) >= 11 is 0. The van der Waals surface area contributed by atoms with Crippen LogP contribution in [0.15, 0.2) is 12.1 Å². The molecule has 6 heteroatoms. The average Bonchev–Trinajstić information content (AvgIpc) is 2.30. The van der Waals surface area contributed by atoms with E-state index in [1.165, 1.54) is 0 Å². The fourth-order valence-electron chi connectivity index (χ4n) is 1.77. The highest BCUT2D eigenvalue weighted by Gasteiger charge is 2.23. The van der Waals surface area contributed by atoms with Crippen molar-refractivity contribution in [2.24, 2.45) is 11.7 Å². The number of rotatable bonds is 4. The van der Waals surface area contributed by atoms with Crippen LogP contribution in [-0.2, 0) is 11.2 Å². The Kier molecular flexibility index (Phi) is 5.16. The molecule has 1 rings (SSSR count). The van der Waals surface area contributed by atoms with E-state index >= 15 is 0 Å². The maximum absolute atomic E-state index is 13.1. The van der Waals surface area contributed by atoms with E-state index in [-0.39, 0.29) is 24.4 Å². The van der Waals surface area contributed by atoms with Crippen LogP contribution in [0.5, 0.6) is 0 Å². The molecular weight excluding hydrogens is 269 g/mol. The monoisotopic (exact) mass is 288 g/mol. The van der Waals surface area contributed by atoms with Gasteiger partial charge < -0.3 is 11.1 Å². The second-order valence-electron chi connectivity index (χ2n) is 5.75. The summed E-state index contributed by atoms with van der Waals surface area (Å²) in [6.45, 7) is 5.48. The van der Waals surface area contributed by atoms with E-state index in [1.807, 2.05) is 20.8 Å². The highest BCUT2D eigenvalue weighted by atomic mass is 19.2. The summed E-state index contributed by atoms with van der Waals surface area (Å²) in [5.41, 5.74) is 5.29. The van der Waals surface area contributed by atoms with E-state index < -0.39 is 28.9 Å². The minimum atomic E-state index is -1.52. The minimum absolute atomic E-state index is 0.0303. The molecule has 3 N–H and O–H groups in total. The summed E-state index contributed by atoms with van der Waals surface area (Å²) in [5.74, 6) is -4.99. The Labute approximate surface area is 116 Å². The predicted octanol–water partition coefficient (Wildman–Crippen LogP) is 2.14. The van der Waals surface area contributed by atoms with Gasteiger partial charge in [0.15, 0.2) is 17.5 Å². The Morgan fingerprint density at radius 3 is 2.15 bits per heavy atom. The highest BCUT2D eigenvalue weighted by molar-refractivity contribution is 5.79. The van der Waals surface area contributed by atoms with Crippen LogP contribution < -0.4 is 11.1 Å². The van der Waals surface area contributed by atoms with Gasteiger partial charge in [-0.2, -0.15) is 0 Å². The molecule has 1 unspecified atom stereocenters. The van der Waals surface area contributed by atoms with Crippen LogP contribution in [0.1, 0.15) is 26.3 Å². The molecule has 0 spiro atoms. The lowest BCUT2D eigenvalue weighted by Crippen LogP contribution is -2.46. The number of hydrogen-bond acceptors (Lipinski definition) is 2. The van der Waals surface area contributed by atoms with E-state index in [1.54, 1.807) is 0 Å². The quantitative estimate of drug-likeness (QED) is 0.834. The average molecular weight is 288 g/mol. The van der Waals surface area contributed by atoms with Gasteiger partial charge in [0.25, 0.3) is 0 Å². The van der Waals surface area contributed by atoms with Crippen molar-refractivity contribution in [3.63, 3.8) is 0 Å². The molecule has 0 aliphatic carbocycles. The van der Waals surface area contributed by atoms with Crippen molar-refractivity contribution >= 4 is 5.91 Å². The third-order valence-corrected chi connectivity index (χ3v) is 2.68. The van der Waals surface area contributed by atoms with Crippen molar-refractivity contribution in [2.45, 2.75) is 32.7 Å². The lowest BCUT2D eigenvalue weighted by atomic mass is 9.96. The van der Waals surface area contributed by atoms with Crippen LogP contribution in [-0.4, -0.2) is 18.0 Å². The molecule has 0 aromatic heterocycles. The summed E-state index contributed by atoms with van der Waals surface area (Å²) in [6, 6.07) is 1.76. The van der Waals surface area contributed by atoms with Gasteiger partial charge in [-0.1, -0.05) is 0 Å². The Morgan fingerprint density at radius 1 is 1.25 bits per heavy atom. The molecule has 0 fully saturated rings. The van der Waals surface area contributed by atoms with Crippen molar-refractivity contribution < 1.29 is 18.0 Å². The van der Waals surface area contributed by atoms with Crippen molar-refractivity contribution in [2.75, 3.05) is 6.54 Å². The fourth-order valence-corrected chi connectivity index (χ4v) is 1.77. The van der Waals surface area contributed by atoms with Gasteiger partial charge in [0.05, 0.1) is 5.92 Å². The van der Waals surface area contributed by atoms with E-state index in [0.29, 0.717) is 0 Å². The van der Waals surface area contributed by atoms with E-state index in [9.17, 15) is 18.0 Å². The number of nitrogens with one attached hydrogen (secondary N) is 1. The second-order valence-corrected chi connectivity index (χ2v) is 5.75. The molecular formula is C14H19F3N2O. The fraction of sp³-hybridized carbons (Fsp3) is 0.500. The number of carbonyl (C=O) groups is 1. The molecule has 1 atom stereocenters. The van der Waals surface area contributed by atoms with Crippen molar-refractivity contribution in [1.82, 2.24) is 5.32 Å². The lowest BCUT2D eigenvalue weighted by molar-refractivity contribution is -0.126. The van der Waals surface area contributed by atoms with Crippen LogP contribution in [0.2, 0.25) is 0 Å². The summed E-state index contributed by atoms with van der Waals surface area (Å²) in [7, 11) is 0. The normalized spacial score (nSPS) is 13.2. The number of halogens is 3. The molecule has 1 aromatic carbocycles. The molecule has 0 saturated carbocycles. The first-order chi connectivity index (χ1) is 9.14. The first-order valence-corrected chi connectivity index (χ1v) is 6.29. The summed E-state index contributed by atoms with van der Waals surface area (Å²) in [4.78, 5) is 12.0. The van der Waals surface area contributed by atoms with Crippen LogP contribution in [0.4, 0.5) is 13.2 Å². The topological polar surface area (TPSA) is 55.1 Å². The highest BCUT2D eigenvalue weighted by Crippen LogP contribution is 2.17. The molecule has 3 nitrogen and oxygen atoms in total. The third-order valence-electron chi connectivity index (χ3n) is 2.68. The van der Waals surface area contributed by atoms with Gasteiger partial charge in [0, 0.05) is 12.1 Å². The SMILES string of the molecule is CC(C)(C)NC(=O)C(CN)Cc1cc(F)c(F)c(F)c1. The summed E-state index contributed by atoms with van der Waals surface area (Å²) in [6.07, 6.45) is 0.0481. The van der Waals surface area contributed by atoms with Gasteiger partial charge in [0.2, 0.25) is 5.91 Å². The number of nitrogens with two attached hydrogens (primary N) is 1. The zero-order valence-corrected chi connectivity index (χ0v) is 11.8. The number of carbonyl (C=O) groups excluding carboxylic acids is 1. The zero-order valence-electron chi connectivity index (χ0n) is 11.8. The minimum Gasteiger partial charge on any atom is -0.351 e. The standard InChI is InChI=1S/C14H19F3N2O/c1-14(2,3)19-13(20)9(7-18)4-8-5-10(15)12(17)11(16)6-8/h5-6,9H,4,7,18H2,1-3H3,(H,19,20). The van der Waals surface area contributed by atoms with Gasteiger partial charge in [-0.05, 0) is 44.9 Å². The van der Waals surface area contributed by atoms with Crippen LogP contribution in [0.25, 0.3) is 0 Å².